The van der Waals surface area contributed by atoms with Crippen molar-refractivity contribution in [3.05, 3.63) is 45.8 Å². The van der Waals surface area contributed by atoms with Crippen LogP contribution in [0.5, 0.6) is 0 Å². The number of nitrogens with one attached hydrogen (secondary N) is 2. The van der Waals surface area contributed by atoms with Crippen molar-refractivity contribution in [3.63, 3.8) is 0 Å². The molecule has 2 aromatic rings. The first-order valence-corrected chi connectivity index (χ1v) is 12.7. The van der Waals surface area contributed by atoms with Gasteiger partial charge in [0.25, 0.3) is 5.91 Å². The first kappa shape index (κ1) is 24.8. The molecule has 0 aliphatic heterocycles. The molecule has 0 radical (unpaired) electrons. The molecule has 33 heavy (non-hydrogen) atoms. The summed E-state index contributed by atoms with van der Waals surface area (Å²) in [7, 11) is 0. The summed E-state index contributed by atoms with van der Waals surface area (Å²) in [6.07, 6.45) is 5.04. The fourth-order valence-corrected chi connectivity index (χ4v) is 5.70. The second kappa shape index (κ2) is 11.9. The van der Waals surface area contributed by atoms with Gasteiger partial charge < -0.3 is 15.4 Å². The molecule has 1 aromatic heterocycles. The molecule has 1 aliphatic carbocycles. The molecule has 2 amide bonds. The summed E-state index contributed by atoms with van der Waals surface area (Å²) in [6.45, 7) is 3.30. The van der Waals surface area contributed by atoms with Gasteiger partial charge in [-0.15, -0.1) is 23.1 Å². The van der Waals surface area contributed by atoms with Crippen LogP contribution in [0, 0.1) is 11.3 Å². The van der Waals surface area contributed by atoms with E-state index >= 15 is 0 Å². The summed E-state index contributed by atoms with van der Waals surface area (Å²) in [4.78, 5) is 38.7. The van der Waals surface area contributed by atoms with Crippen LogP contribution in [0.15, 0.2) is 29.2 Å². The Morgan fingerprint density at radius 2 is 1.91 bits per heavy atom. The highest BCUT2D eigenvalue weighted by Crippen LogP contribution is 2.37. The standard InChI is InChI=1S/C24H27N3O4S2/c1-15(2)26-22(29)14-32-19-10-7-6-9-17(19)24(30)31-13-21(28)27-23-18(12-25)16-8-4-3-5-11-20(16)33-23/h6-7,9-10,15H,3-5,8,11,13-14H2,1-2H3,(H,26,29)(H,27,28). The molecule has 174 valence electrons. The number of nitriles is 1. The van der Waals surface area contributed by atoms with Gasteiger partial charge in [0, 0.05) is 15.8 Å². The molecule has 0 fully saturated rings. The number of carbonyl (C=O) groups excluding carboxylic acids is 3. The lowest BCUT2D eigenvalue weighted by Gasteiger charge is -2.11. The van der Waals surface area contributed by atoms with Crippen LogP contribution in [0.1, 0.15) is 59.5 Å². The number of hydrogen-bond donors (Lipinski definition) is 2. The zero-order valence-electron chi connectivity index (χ0n) is 18.7. The maximum absolute atomic E-state index is 12.6. The molecule has 1 aromatic carbocycles. The first-order valence-electron chi connectivity index (χ1n) is 10.9. The molecule has 2 N–H and O–H groups in total. The number of anilines is 1. The number of aryl methyl sites for hydroxylation is 1. The van der Waals surface area contributed by atoms with Gasteiger partial charge >= 0.3 is 5.97 Å². The number of hydrogen-bond acceptors (Lipinski definition) is 7. The van der Waals surface area contributed by atoms with E-state index in [1.165, 1.54) is 23.1 Å². The Morgan fingerprint density at radius 1 is 1.15 bits per heavy atom. The van der Waals surface area contributed by atoms with E-state index in [-0.39, 0.29) is 17.7 Å². The highest BCUT2D eigenvalue weighted by molar-refractivity contribution is 8.00. The van der Waals surface area contributed by atoms with Crippen molar-refractivity contribution in [1.29, 1.82) is 5.26 Å². The summed E-state index contributed by atoms with van der Waals surface area (Å²) >= 11 is 2.67. The zero-order chi connectivity index (χ0) is 23.8. The van der Waals surface area contributed by atoms with Gasteiger partial charge in [-0.05, 0) is 57.2 Å². The van der Waals surface area contributed by atoms with Crippen molar-refractivity contribution in [2.75, 3.05) is 17.7 Å². The average Bonchev–Trinajstić information content (AvgIpc) is 2.94. The van der Waals surface area contributed by atoms with Crippen molar-refractivity contribution in [2.24, 2.45) is 0 Å². The molecular weight excluding hydrogens is 458 g/mol. The molecule has 0 atom stereocenters. The minimum atomic E-state index is -0.639. The van der Waals surface area contributed by atoms with E-state index in [2.05, 4.69) is 16.7 Å². The molecule has 0 saturated heterocycles. The van der Waals surface area contributed by atoms with Crippen LogP contribution in [0.3, 0.4) is 0 Å². The maximum atomic E-state index is 12.6. The third-order valence-electron chi connectivity index (χ3n) is 5.04. The topological polar surface area (TPSA) is 108 Å². The third kappa shape index (κ3) is 6.83. The van der Waals surface area contributed by atoms with Crippen LogP contribution in [0.2, 0.25) is 0 Å². The van der Waals surface area contributed by atoms with E-state index in [1.807, 2.05) is 13.8 Å². The molecule has 1 heterocycles. The quantitative estimate of drug-likeness (QED) is 0.328. The van der Waals surface area contributed by atoms with Crippen LogP contribution in [-0.4, -0.2) is 36.2 Å². The smallest absolute Gasteiger partial charge is 0.339 e. The minimum Gasteiger partial charge on any atom is -0.452 e. The number of thioether (sulfide) groups is 1. The number of fused-ring (bicyclic) bond motifs is 1. The van der Waals surface area contributed by atoms with Crippen LogP contribution >= 0.6 is 23.1 Å². The monoisotopic (exact) mass is 485 g/mol. The highest BCUT2D eigenvalue weighted by atomic mass is 32.2. The molecule has 3 rings (SSSR count). The highest BCUT2D eigenvalue weighted by Gasteiger charge is 2.22. The Labute approximate surface area is 201 Å². The molecule has 0 saturated carbocycles. The van der Waals surface area contributed by atoms with Crippen molar-refractivity contribution < 1.29 is 19.1 Å². The number of nitrogens with zero attached hydrogens (tertiary/aromatic N) is 1. The lowest BCUT2D eigenvalue weighted by atomic mass is 10.1. The second-order valence-corrected chi connectivity index (χ2v) is 10.1. The van der Waals surface area contributed by atoms with Gasteiger partial charge in [0.15, 0.2) is 6.61 Å². The second-order valence-electron chi connectivity index (χ2n) is 8.01. The van der Waals surface area contributed by atoms with Gasteiger partial charge in [0.2, 0.25) is 5.91 Å². The number of amides is 2. The third-order valence-corrected chi connectivity index (χ3v) is 7.32. The van der Waals surface area contributed by atoms with Gasteiger partial charge in [-0.3, -0.25) is 9.59 Å². The minimum absolute atomic E-state index is 0.0386. The number of benzene rings is 1. The zero-order valence-corrected chi connectivity index (χ0v) is 20.4. The maximum Gasteiger partial charge on any atom is 0.339 e. The fraction of sp³-hybridized carbons (Fsp3) is 0.417. The summed E-state index contributed by atoms with van der Waals surface area (Å²) in [5.41, 5.74) is 1.87. The average molecular weight is 486 g/mol. The van der Waals surface area contributed by atoms with E-state index in [9.17, 15) is 19.6 Å². The largest absolute Gasteiger partial charge is 0.452 e. The van der Waals surface area contributed by atoms with Crippen molar-refractivity contribution in [1.82, 2.24) is 5.32 Å². The lowest BCUT2D eigenvalue weighted by Crippen LogP contribution is -2.31. The number of carbonyl (C=O) groups is 3. The Hall–Kier alpha value is -2.83. The van der Waals surface area contributed by atoms with Crippen LogP contribution < -0.4 is 10.6 Å². The Balaban J connectivity index is 1.59. The van der Waals surface area contributed by atoms with E-state index in [0.717, 1.165) is 42.5 Å². The Morgan fingerprint density at radius 3 is 2.67 bits per heavy atom. The fourth-order valence-electron chi connectivity index (χ4n) is 3.59. The summed E-state index contributed by atoms with van der Waals surface area (Å²) < 4.78 is 5.23. The Bertz CT molecular complexity index is 1070. The molecule has 1 aliphatic rings. The van der Waals surface area contributed by atoms with E-state index < -0.39 is 18.5 Å². The normalized spacial score (nSPS) is 12.9. The summed E-state index contributed by atoms with van der Waals surface area (Å²) in [5.74, 6) is -1.08. The van der Waals surface area contributed by atoms with Crippen molar-refractivity contribution in [2.45, 2.75) is 56.9 Å². The number of rotatable bonds is 8. The SMILES string of the molecule is CC(C)NC(=O)CSc1ccccc1C(=O)OCC(=O)Nc1sc2c(c1C#N)CCCCC2. The Kier molecular flexibility index (Phi) is 8.92. The van der Waals surface area contributed by atoms with Crippen LogP contribution in [0.25, 0.3) is 0 Å². The van der Waals surface area contributed by atoms with Crippen LogP contribution in [0.4, 0.5) is 5.00 Å². The first-order chi connectivity index (χ1) is 15.9. The molecule has 9 heteroatoms. The molecule has 7 nitrogen and oxygen atoms in total. The van der Waals surface area contributed by atoms with E-state index in [4.69, 9.17) is 4.74 Å². The van der Waals surface area contributed by atoms with E-state index in [1.54, 1.807) is 24.3 Å². The predicted octanol–water partition coefficient (Wildman–Crippen LogP) is 4.30. The lowest BCUT2D eigenvalue weighted by molar-refractivity contribution is -0.119. The molecular formula is C24H27N3O4S2. The number of ether oxygens (including phenoxy) is 1. The molecule has 0 unspecified atom stereocenters. The van der Waals surface area contributed by atoms with Gasteiger partial charge in [0.05, 0.1) is 16.9 Å². The van der Waals surface area contributed by atoms with Gasteiger partial charge in [-0.25, -0.2) is 4.79 Å². The van der Waals surface area contributed by atoms with Crippen LogP contribution in [-0.2, 0) is 27.2 Å². The number of thiophene rings is 1. The molecule has 0 bridgehead atoms. The van der Waals surface area contributed by atoms with Crippen molar-refractivity contribution >= 4 is 45.9 Å². The summed E-state index contributed by atoms with van der Waals surface area (Å²) in [6, 6.07) is 9.08. The predicted molar refractivity (Wildman–Crippen MR) is 130 cm³/mol. The van der Waals surface area contributed by atoms with Crippen molar-refractivity contribution in [3.8, 4) is 6.07 Å². The molecule has 0 spiro atoms. The summed E-state index contributed by atoms with van der Waals surface area (Å²) in [5, 5.41) is 15.7. The van der Waals surface area contributed by atoms with Gasteiger partial charge in [-0.2, -0.15) is 5.26 Å². The van der Waals surface area contributed by atoms with Gasteiger partial charge in [-0.1, -0.05) is 18.6 Å². The number of esters is 1. The van der Waals surface area contributed by atoms with Gasteiger partial charge in [0.1, 0.15) is 11.1 Å². The van der Waals surface area contributed by atoms with E-state index in [0.29, 0.717) is 21.0 Å².